The molecule has 2 rings (SSSR count). The maximum absolute atomic E-state index is 11.4. The number of carbonyl (C=O) groups excluding carboxylic acids is 1. The number of esters is 1. The normalized spacial score (nSPS) is 10.1. The molecule has 1 N–H and O–H groups in total. The van der Waals surface area contributed by atoms with E-state index in [2.05, 4.69) is 20.0 Å². The number of thiazole rings is 1. The van der Waals surface area contributed by atoms with E-state index in [0.717, 1.165) is 10.8 Å². The van der Waals surface area contributed by atoms with Crippen molar-refractivity contribution in [2.24, 2.45) is 0 Å². The van der Waals surface area contributed by atoms with Gasteiger partial charge in [-0.1, -0.05) is 0 Å². The number of hydrogen-bond donors (Lipinski definition) is 1. The number of nitrogens with zero attached hydrogens (tertiary/aromatic N) is 2. The van der Waals surface area contributed by atoms with E-state index in [9.17, 15) is 4.79 Å². The second-order valence-electron chi connectivity index (χ2n) is 3.60. The fraction of sp³-hybridized carbons (Fsp3) is 0.250. The highest BCUT2D eigenvalue weighted by atomic mass is 32.1. The van der Waals surface area contributed by atoms with Crippen LogP contribution in [0.1, 0.15) is 21.1 Å². The van der Waals surface area contributed by atoms with Crippen LogP contribution >= 0.6 is 11.3 Å². The van der Waals surface area contributed by atoms with Crippen LogP contribution in [0, 0.1) is 6.92 Å². The minimum absolute atomic E-state index is 0.369. The largest absolute Gasteiger partial charge is 0.465 e. The molecule has 0 radical (unpaired) electrons. The number of aryl methyl sites for hydroxylation is 1. The van der Waals surface area contributed by atoms with Crippen LogP contribution in [0.5, 0.6) is 0 Å². The number of anilines is 1. The smallest absolute Gasteiger partial charge is 0.339 e. The van der Waals surface area contributed by atoms with Crippen molar-refractivity contribution in [2.45, 2.75) is 13.5 Å². The molecule has 2 heterocycles. The van der Waals surface area contributed by atoms with Crippen molar-refractivity contribution in [2.75, 3.05) is 12.4 Å². The monoisotopic (exact) mass is 263 g/mol. The van der Waals surface area contributed by atoms with Gasteiger partial charge < -0.3 is 10.1 Å². The third-order valence-electron chi connectivity index (χ3n) is 2.40. The molecule has 0 unspecified atom stereocenters. The Labute approximate surface area is 109 Å². The van der Waals surface area contributed by atoms with E-state index >= 15 is 0 Å². The van der Waals surface area contributed by atoms with E-state index in [1.807, 2.05) is 5.38 Å². The Balaban J connectivity index is 2.07. The lowest BCUT2D eigenvalue weighted by Crippen LogP contribution is -2.07. The summed E-state index contributed by atoms with van der Waals surface area (Å²) in [5, 5.41) is 6.08. The topological polar surface area (TPSA) is 64.1 Å². The molecule has 5 nitrogen and oxygen atoms in total. The van der Waals surface area contributed by atoms with Gasteiger partial charge in [-0.05, 0) is 19.1 Å². The summed E-state index contributed by atoms with van der Waals surface area (Å²) in [7, 11) is 1.36. The highest BCUT2D eigenvalue weighted by molar-refractivity contribution is 7.09. The van der Waals surface area contributed by atoms with E-state index in [4.69, 9.17) is 0 Å². The molecule has 2 aromatic rings. The molecule has 6 heteroatoms. The zero-order valence-electron chi connectivity index (χ0n) is 10.1. The van der Waals surface area contributed by atoms with Crippen LogP contribution in [0.25, 0.3) is 0 Å². The molecule has 0 fully saturated rings. The van der Waals surface area contributed by atoms with Crippen LogP contribution in [0.3, 0.4) is 0 Å². The molecule has 0 aromatic carbocycles. The number of aromatic nitrogens is 2. The lowest BCUT2D eigenvalue weighted by molar-refractivity contribution is 0.0599. The van der Waals surface area contributed by atoms with Gasteiger partial charge in [-0.25, -0.2) is 14.8 Å². The van der Waals surface area contributed by atoms with E-state index in [-0.39, 0.29) is 5.97 Å². The number of hydrogen-bond acceptors (Lipinski definition) is 6. The summed E-state index contributed by atoms with van der Waals surface area (Å²) in [4.78, 5) is 19.9. The first kappa shape index (κ1) is 12.5. The van der Waals surface area contributed by atoms with Gasteiger partial charge in [-0.3, -0.25) is 0 Å². The summed E-state index contributed by atoms with van der Waals surface area (Å²) in [5.74, 6) is 0.349. The molecular formula is C12H13N3O2S. The summed E-state index contributed by atoms with van der Waals surface area (Å²) in [6, 6.07) is 3.46. The molecule has 0 spiro atoms. The Hall–Kier alpha value is -1.95. The minimum atomic E-state index is -0.369. The van der Waals surface area contributed by atoms with Crippen molar-refractivity contribution >= 4 is 23.1 Å². The highest BCUT2D eigenvalue weighted by Gasteiger charge is 2.10. The van der Waals surface area contributed by atoms with Crippen molar-refractivity contribution in [1.29, 1.82) is 0 Å². The van der Waals surface area contributed by atoms with Gasteiger partial charge in [-0.15, -0.1) is 11.3 Å². The van der Waals surface area contributed by atoms with E-state index in [1.165, 1.54) is 7.11 Å². The van der Waals surface area contributed by atoms with Gasteiger partial charge in [0.05, 0.1) is 24.9 Å². The Morgan fingerprint density at radius 3 is 2.94 bits per heavy atom. The average molecular weight is 263 g/mol. The molecule has 0 atom stereocenters. The summed E-state index contributed by atoms with van der Waals surface area (Å²) < 4.78 is 4.67. The second-order valence-corrected chi connectivity index (χ2v) is 4.58. The Morgan fingerprint density at radius 1 is 1.50 bits per heavy atom. The van der Waals surface area contributed by atoms with Crippen molar-refractivity contribution in [3.63, 3.8) is 0 Å². The van der Waals surface area contributed by atoms with Crippen LogP contribution in [0.15, 0.2) is 23.7 Å². The quantitative estimate of drug-likeness (QED) is 0.857. The first-order valence-corrected chi connectivity index (χ1v) is 6.27. The van der Waals surface area contributed by atoms with Crippen LogP contribution in [0.4, 0.5) is 5.82 Å². The van der Waals surface area contributed by atoms with Crippen molar-refractivity contribution in [3.8, 4) is 0 Å². The van der Waals surface area contributed by atoms with Gasteiger partial charge in [0, 0.05) is 11.6 Å². The van der Waals surface area contributed by atoms with Gasteiger partial charge in [0.25, 0.3) is 0 Å². The van der Waals surface area contributed by atoms with E-state index in [0.29, 0.717) is 17.8 Å². The maximum Gasteiger partial charge on any atom is 0.339 e. The maximum atomic E-state index is 11.4. The third kappa shape index (κ3) is 2.84. The first-order chi connectivity index (χ1) is 8.70. The molecule has 0 bridgehead atoms. The Bertz CT molecular complexity index is 540. The predicted molar refractivity (Wildman–Crippen MR) is 69.8 cm³/mol. The minimum Gasteiger partial charge on any atom is -0.465 e. The van der Waals surface area contributed by atoms with E-state index in [1.54, 1.807) is 36.6 Å². The number of rotatable bonds is 4. The second kappa shape index (κ2) is 5.59. The molecule has 0 aliphatic rings. The van der Waals surface area contributed by atoms with E-state index < -0.39 is 0 Å². The molecule has 0 aliphatic heterocycles. The number of ether oxygens (including phenoxy) is 1. The van der Waals surface area contributed by atoms with Gasteiger partial charge >= 0.3 is 5.97 Å². The fourth-order valence-corrected chi connectivity index (χ4v) is 2.05. The summed E-state index contributed by atoms with van der Waals surface area (Å²) in [6.07, 6.45) is 1.76. The molecule has 0 aliphatic carbocycles. The first-order valence-electron chi connectivity index (χ1n) is 5.39. The standard InChI is InChI=1S/C12H13N3O2S/c1-8-9(12(16)17-2)3-4-10(15-8)14-7-11-13-5-6-18-11/h3-6H,7H2,1-2H3,(H,14,15). The predicted octanol–water partition coefficient (Wildman–Crippen LogP) is 2.25. The van der Waals surface area contributed by atoms with Gasteiger partial charge in [0.2, 0.25) is 0 Å². The van der Waals surface area contributed by atoms with Crippen molar-refractivity contribution in [3.05, 3.63) is 40.0 Å². The van der Waals surface area contributed by atoms with Crippen molar-refractivity contribution < 1.29 is 9.53 Å². The molecule has 0 saturated carbocycles. The van der Waals surface area contributed by atoms with Crippen LogP contribution < -0.4 is 5.32 Å². The van der Waals surface area contributed by atoms with Crippen molar-refractivity contribution in [1.82, 2.24) is 9.97 Å². The number of pyridine rings is 1. The molecule has 94 valence electrons. The molecule has 2 aromatic heterocycles. The zero-order valence-corrected chi connectivity index (χ0v) is 11.0. The zero-order chi connectivity index (χ0) is 13.0. The van der Waals surface area contributed by atoms with Crippen LogP contribution in [-0.2, 0) is 11.3 Å². The SMILES string of the molecule is COC(=O)c1ccc(NCc2nccs2)nc1C. The summed E-state index contributed by atoms with van der Waals surface area (Å²) in [6.45, 7) is 2.41. The fourth-order valence-electron chi connectivity index (χ4n) is 1.49. The molecule has 0 saturated heterocycles. The number of methoxy groups -OCH3 is 1. The number of nitrogens with one attached hydrogen (secondary N) is 1. The molecular weight excluding hydrogens is 250 g/mol. The lowest BCUT2D eigenvalue weighted by atomic mass is 10.2. The van der Waals surface area contributed by atoms with Crippen LogP contribution in [-0.4, -0.2) is 23.0 Å². The molecule has 0 amide bonds. The third-order valence-corrected chi connectivity index (χ3v) is 3.17. The van der Waals surface area contributed by atoms with Gasteiger partial charge in [0.15, 0.2) is 0 Å². The number of carbonyl (C=O) groups is 1. The lowest BCUT2D eigenvalue weighted by Gasteiger charge is -2.07. The summed E-state index contributed by atoms with van der Waals surface area (Å²) >= 11 is 1.58. The van der Waals surface area contributed by atoms with Gasteiger partial charge in [-0.2, -0.15) is 0 Å². The summed E-state index contributed by atoms with van der Waals surface area (Å²) in [5.41, 5.74) is 1.13. The Kier molecular flexibility index (Phi) is 3.88. The average Bonchev–Trinajstić information content (AvgIpc) is 2.88. The Morgan fingerprint density at radius 2 is 2.33 bits per heavy atom. The van der Waals surface area contributed by atoms with Gasteiger partial charge in [0.1, 0.15) is 10.8 Å². The highest BCUT2D eigenvalue weighted by Crippen LogP contribution is 2.13. The van der Waals surface area contributed by atoms with Crippen LogP contribution in [0.2, 0.25) is 0 Å². The molecule has 18 heavy (non-hydrogen) atoms.